The highest BCUT2D eigenvalue weighted by molar-refractivity contribution is 4.29. The van der Waals surface area contributed by atoms with Crippen LogP contribution in [0, 0.1) is 5.41 Å². The Bertz CT molecular complexity index is 147. The smallest absolute Gasteiger partial charge is 0.309 e. The average molecular weight is 85.1 g/mol. The number of aromatic amines is 1. The molecule has 1 heterocycles. The van der Waals surface area contributed by atoms with Crippen LogP contribution in [0.15, 0.2) is 10.8 Å². The van der Waals surface area contributed by atoms with E-state index in [2.05, 4.69) is 14.6 Å². The van der Waals surface area contributed by atoms with E-state index in [1.807, 2.05) is 0 Å². The molecule has 4 heteroatoms. The van der Waals surface area contributed by atoms with Crippen molar-refractivity contribution >= 4 is 0 Å². The van der Waals surface area contributed by atoms with Gasteiger partial charge >= 0.3 is 5.68 Å². The van der Waals surface area contributed by atoms with Crippen molar-refractivity contribution < 1.29 is 4.42 Å². The van der Waals surface area contributed by atoms with Crippen molar-refractivity contribution in [1.82, 2.24) is 10.2 Å². The van der Waals surface area contributed by atoms with Crippen molar-refractivity contribution in [3.63, 3.8) is 0 Å². The summed E-state index contributed by atoms with van der Waals surface area (Å²) in [7, 11) is 0. The molecule has 0 saturated carbocycles. The Kier molecular flexibility index (Phi) is 0.506. The summed E-state index contributed by atoms with van der Waals surface area (Å²) >= 11 is 0. The zero-order valence-corrected chi connectivity index (χ0v) is 2.93. The fraction of sp³-hybridized carbons (Fsp3) is 0. The summed E-state index contributed by atoms with van der Waals surface area (Å²) in [6.07, 6.45) is 1.17. The molecule has 1 rings (SSSR count). The van der Waals surface area contributed by atoms with Crippen LogP contribution in [0.4, 0.5) is 0 Å². The fourth-order valence-corrected chi connectivity index (χ4v) is 0.190. The zero-order valence-electron chi connectivity index (χ0n) is 2.93. The molecule has 0 radical (unpaired) electrons. The molecule has 0 aliphatic rings. The maximum Gasteiger partial charge on any atom is 0.309 e. The van der Waals surface area contributed by atoms with Crippen molar-refractivity contribution in [3.05, 3.63) is 12.1 Å². The van der Waals surface area contributed by atoms with Gasteiger partial charge in [0.05, 0.1) is 0 Å². The minimum Gasteiger partial charge on any atom is -0.411 e. The van der Waals surface area contributed by atoms with Gasteiger partial charge in [-0.25, -0.2) is 10.5 Å². The van der Waals surface area contributed by atoms with E-state index < -0.39 is 0 Å². The van der Waals surface area contributed by atoms with Crippen LogP contribution in [-0.2, 0) is 0 Å². The molecule has 32 valence electrons. The second-order valence-electron chi connectivity index (χ2n) is 0.793. The van der Waals surface area contributed by atoms with Gasteiger partial charge in [-0.15, -0.1) is 5.10 Å². The molecule has 0 atom stereocenters. The first-order valence-electron chi connectivity index (χ1n) is 1.42. The minimum atomic E-state index is -0.0185. The highest BCUT2D eigenvalue weighted by Gasteiger charge is 1.69. The van der Waals surface area contributed by atoms with Gasteiger partial charge in [-0.1, -0.05) is 0 Å². The van der Waals surface area contributed by atoms with E-state index in [9.17, 15) is 0 Å². The number of hydrogen-bond donors (Lipinski definition) is 2. The van der Waals surface area contributed by atoms with Crippen LogP contribution < -0.4 is 5.68 Å². The van der Waals surface area contributed by atoms with Crippen LogP contribution in [0.5, 0.6) is 0 Å². The van der Waals surface area contributed by atoms with Crippen molar-refractivity contribution in [3.8, 4) is 0 Å². The summed E-state index contributed by atoms with van der Waals surface area (Å²) in [5.74, 6) is 0. The summed E-state index contributed by atoms with van der Waals surface area (Å²) in [5, 5.41) is 12.2. The number of hydrogen-bond acceptors (Lipinski definition) is 3. The third kappa shape index (κ3) is 0.314. The maximum absolute atomic E-state index is 6.59. The molecule has 0 saturated heterocycles. The van der Waals surface area contributed by atoms with Gasteiger partial charge in [0, 0.05) is 0 Å². The van der Waals surface area contributed by atoms with Crippen molar-refractivity contribution in [2.24, 2.45) is 0 Å². The fourth-order valence-electron chi connectivity index (χ4n) is 0.190. The third-order valence-corrected chi connectivity index (χ3v) is 0.389. The van der Waals surface area contributed by atoms with Crippen molar-refractivity contribution in [1.29, 1.82) is 5.41 Å². The Balaban J connectivity index is 3.41. The Morgan fingerprint density at radius 1 is 2.00 bits per heavy atom. The molecule has 0 aliphatic heterocycles. The zero-order chi connectivity index (χ0) is 4.41. The Hall–Kier alpha value is -1.06. The van der Waals surface area contributed by atoms with Gasteiger partial charge in [0.1, 0.15) is 0 Å². The van der Waals surface area contributed by atoms with Gasteiger partial charge in [-0.3, -0.25) is 0 Å². The molecular weight excluding hydrogens is 82.0 g/mol. The second-order valence-corrected chi connectivity index (χ2v) is 0.793. The number of aromatic nitrogens is 2. The monoisotopic (exact) mass is 85.0 g/mol. The molecular formula is C2H3N3O. The lowest BCUT2D eigenvalue weighted by atomic mass is 11.4. The van der Waals surface area contributed by atoms with E-state index >= 15 is 0 Å². The van der Waals surface area contributed by atoms with Gasteiger partial charge < -0.3 is 4.42 Å². The molecule has 0 aliphatic carbocycles. The molecule has 1 aromatic rings. The van der Waals surface area contributed by atoms with Gasteiger partial charge in [0.2, 0.25) is 6.39 Å². The van der Waals surface area contributed by atoms with Crippen molar-refractivity contribution in [2.45, 2.75) is 0 Å². The number of nitrogens with one attached hydrogen (secondary N) is 2. The molecule has 1 aromatic heterocycles. The second kappa shape index (κ2) is 0.965. The largest absolute Gasteiger partial charge is 0.411 e. The van der Waals surface area contributed by atoms with Crippen LogP contribution in [0.25, 0.3) is 0 Å². The van der Waals surface area contributed by atoms with E-state index in [1.165, 1.54) is 6.39 Å². The minimum absolute atomic E-state index is 0.0185. The molecule has 0 bridgehead atoms. The first kappa shape index (κ1) is 3.14. The van der Waals surface area contributed by atoms with Crippen LogP contribution in [0.3, 0.4) is 0 Å². The van der Waals surface area contributed by atoms with E-state index in [-0.39, 0.29) is 5.68 Å². The summed E-state index contributed by atoms with van der Waals surface area (Å²) in [6, 6.07) is 0. The summed E-state index contributed by atoms with van der Waals surface area (Å²) in [6.45, 7) is 0. The number of nitrogens with zero attached hydrogens (tertiary/aromatic N) is 1. The Morgan fingerprint density at radius 2 is 2.83 bits per heavy atom. The lowest BCUT2D eigenvalue weighted by molar-refractivity contribution is 0.487. The summed E-state index contributed by atoms with van der Waals surface area (Å²) in [5.41, 5.74) is -0.0185. The third-order valence-electron chi connectivity index (χ3n) is 0.389. The summed E-state index contributed by atoms with van der Waals surface area (Å²) in [4.78, 5) is 0. The van der Waals surface area contributed by atoms with Crippen LogP contribution in [-0.4, -0.2) is 10.2 Å². The van der Waals surface area contributed by atoms with Gasteiger partial charge in [-0.05, 0) is 0 Å². The van der Waals surface area contributed by atoms with Crippen LogP contribution in [0.2, 0.25) is 0 Å². The topological polar surface area (TPSA) is 65.7 Å². The van der Waals surface area contributed by atoms with Gasteiger partial charge in [0.15, 0.2) is 0 Å². The molecule has 4 nitrogen and oxygen atoms in total. The number of H-pyrrole nitrogens is 1. The quantitative estimate of drug-likeness (QED) is 0.445. The van der Waals surface area contributed by atoms with Crippen LogP contribution >= 0.6 is 0 Å². The van der Waals surface area contributed by atoms with Gasteiger partial charge in [-0.2, -0.15) is 0 Å². The maximum atomic E-state index is 6.59. The average Bonchev–Trinajstić information content (AvgIpc) is 1.86. The van der Waals surface area contributed by atoms with E-state index in [4.69, 9.17) is 5.41 Å². The van der Waals surface area contributed by atoms with E-state index in [0.717, 1.165) is 0 Å². The SMILES string of the molecule is N=c1[nH]nco1. The Labute approximate surface area is 33.3 Å². The molecule has 6 heavy (non-hydrogen) atoms. The highest BCUT2D eigenvalue weighted by Crippen LogP contribution is 1.53. The molecule has 0 aromatic carbocycles. The normalized spacial score (nSPS) is 8.67. The molecule has 0 spiro atoms. The predicted octanol–water partition coefficient (Wildman–Crippen LogP) is -0.518. The molecule has 0 fully saturated rings. The molecule has 0 unspecified atom stereocenters. The molecule has 2 N–H and O–H groups in total. The van der Waals surface area contributed by atoms with Crippen molar-refractivity contribution in [2.75, 3.05) is 0 Å². The van der Waals surface area contributed by atoms with Gasteiger partial charge in [0.25, 0.3) is 0 Å². The standard InChI is InChI=1S/C2H3N3O/c3-2-5-4-1-6-2/h1H,(H2,3,5). The van der Waals surface area contributed by atoms with E-state index in [1.54, 1.807) is 0 Å². The first-order chi connectivity index (χ1) is 2.89. The number of rotatable bonds is 0. The summed E-state index contributed by atoms with van der Waals surface area (Å²) < 4.78 is 4.33. The first-order valence-corrected chi connectivity index (χ1v) is 1.42. The molecule has 0 amide bonds. The Morgan fingerprint density at radius 3 is 3.00 bits per heavy atom. The van der Waals surface area contributed by atoms with Crippen LogP contribution in [0.1, 0.15) is 0 Å². The van der Waals surface area contributed by atoms with E-state index in [0.29, 0.717) is 0 Å². The highest BCUT2D eigenvalue weighted by atomic mass is 16.4. The lowest BCUT2D eigenvalue weighted by Gasteiger charge is -1.53. The lowest BCUT2D eigenvalue weighted by Crippen LogP contribution is -1.94. The predicted molar refractivity (Wildman–Crippen MR) is 16.7 cm³/mol.